The van der Waals surface area contributed by atoms with Crippen LogP contribution < -0.4 is 4.90 Å². The Morgan fingerprint density at radius 1 is 1.24 bits per heavy atom. The summed E-state index contributed by atoms with van der Waals surface area (Å²) in [5, 5.41) is 0.716. The molecule has 1 aliphatic heterocycles. The number of aromatic nitrogens is 1. The molecular formula is C16H18ClN2OS+. The van der Waals surface area contributed by atoms with Crippen molar-refractivity contribution in [3.05, 3.63) is 58.7 Å². The fourth-order valence-electron chi connectivity index (χ4n) is 2.59. The minimum atomic E-state index is 0.402. The zero-order chi connectivity index (χ0) is 14.7. The molecule has 1 saturated heterocycles. The fraction of sp³-hybridized carbons (Fsp3) is 0.312. The quantitative estimate of drug-likeness (QED) is 0.679. The minimum absolute atomic E-state index is 0.402. The summed E-state index contributed by atoms with van der Waals surface area (Å²) < 4.78 is 8.89. The number of nitrogens with zero attached hydrogens (tertiary/aromatic N) is 2. The molecule has 3 nitrogen and oxygen atoms in total. The van der Waals surface area contributed by atoms with Crippen LogP contribution in [0.1, 0.15) is 17.2 Å². The van der Waals surface area contributed by atoms with E-state index < -0.39 is 0 Å². The van der Waals surface area contributed by atoms with Gasteiger partial charge in [0.15, 0.2) is 0 Å². The van der Waals surface area contributed by atoms with E-state index in [9.17, 15) is 0 Å². The van der Waals surface area contributed by atoms with Gasteiger partial charge in [0.05, 0.1) is 0 Å². The van der Waals surface area contributed by atoms with E-state index in [2.05, 4.69) is 34.1 Å². The van der Waals surface area contributed by atoms with Gasteiger partial charge in [-0.2, -0.15) is 4.55 Å². The molecule has 0 spiro atoms. The van der Waals surface area contributed by atoms with E-state index in [0.29, 0.717) is 28.7 Å². The van der Waals surface area contributed by atoms with Gasteiger partial charge in [0, 0.05) is 36.1 Å². The van der Waals surface area contributed by atoms with Gasteiger partial charge in [-0.1, -0.05) is 41.9 Å². The molecular weight excluding hydrogens is 304 g/mol. The average Bonchev–Trinajstić information content (AvgIpc) is 2.44. The van der Waals surface area contributed by atoms with E-state index in [0.717, 1.165) is 31.0 Å². The van der Waals surface area contributed by atoms with Crippen LogP contribution in [0.25, 0.3) is 0 Å². The van der Waals surface area contributed by atoms with E-state index in [-0.39, 0.29) is 0 Å². The average molecular weight is 322 g/mol. The molecule has 0 radical (unpaired) electrons. The van der Waals surface area contributed by atoms with Crippen LogP contribution in [0.15, 0.2) is 42.5 Å². The molecule has 0 amide bonds. The normalized spacial score (nSPS) is 15.0. The van der Waals surface area contributed by atoms with E-state index in [4.69, 9.17) is 16.2 Å². The second kappa shape index (κ2) is 6.69. The van der Waals surface area contributed by atoms with E-state index >= 15 is 0 Å². The molecule has 110 valence electrons. The van der Waals surface area contributed by atoms with Gasteiger partial charge in [-0.05, 0) is 17.7 Å². The van der Waals surface area contributed by atoms with E-state index in [1.54, 1.807) is 0 Å². The molecule has 0 saturated carbocycles. The van der Waals surface area contributed by atoms with Crippen LogP contribution >= 0.6 is 11.6 Å². The highest BCUT2D eigenvalue weighted by Gasteiger charge is 2.29. The Bertz CT molecular complexity index is 602. The molecule has 1 fully saturated rings. The van der Waals surface area contributed by atoms with Crippen molar-refractivity contribution in [3.63, 3.8) is 0 Å². The summed E-state index contributed by atoms with van der Waals surface area (Å²) in [6.07, 6.45) is 0.752. The smallest absolute Gasteiger partial charge is 0.144 e. The first-order valence-electron chi connectivity index (χ1n) is 7.03. The first-order valence-corrected chi connectivity index (χ1v) is 8.44. The lowest BCUT2D eigenvalue weighted by atomic mass is 9.91. The SMILES string of the molecule is O[SH+]CCc1cc(Cl)cc(N2CC(c3ccccc3)C2)n1. The highest BCUT2D eigenvalue weighted by Crippen LogP contribution is 2.31. The second-order valence-corrected chi connectivity index (χ2v) is 6.43. The number of benzene rings is 1. The highest BCUT2D eigenvalue weighted by atomic mass is 35.5. The molecule has 0 unspecified atom stereocenters. The highest BCUT2D eigenvalue weighted by molar-refractivity contribution is 7.72. The van der Waals surface area contributed by atoms with Crippen LogP contribution in [-0.4, -0.2) is 28.4 Å². The maximum Gasteiger partial charge on any atom is 0.144 e. The van der Waals surface area contributed by atoms with Gasteiger partial charge < -0.3 is 4.90 Å². The Morgan fingerprint density at radius 3 is 2.71 bits per heavy atom. The number of hydrogen-bond donors (Lipinski definition) is 1. The number of anilines is 1. The number of hydrogen-bond acceptors (Lipinski definition) is 3. The zero-order valence-corrected chi connectivity index (χ0v) is 13.3. The maximum absolute atomic E-state index is 8.89. The Labute approximate surface area is 134 Å². The zero-order valence-electron chi connectivity index (χ0n) is 11.6. The van der Waals surface area contributed by atoms with Crippen molar-refractivity contribution in [2.75, 3.05) is 23.7 Å². The lowest BCUT2D eigenvalue weighted by Crippen LogP contribution is -2.45. The van der Waals surface area contributed by atoms with Crippen molar-refractivity contribution >= 4 is 29.5 Å². The summed E-state index contributed by atoms with van der Waals surface area (Å²) in [6, 6.07) is 14.4. The van der Waals surface area contributed by atoms with Crippen molar-refractivity contribution in [2.24, 2.45) is 0 Å². The topological polar surface area (TPSA) is 36.4 Å². The molecule has 1 N–H and O–H groups in total. The van der Waals surface area contributed by atoms with Gasteiger partial charge in [-0.25, -0.2) is 4.98 Å². The van der Waals surface area contributed by atoms with Crippen molar-refractivity contribution in [2.45, 2.75) is 12.3 Å². The number of pyridine rings is 1. The lowest BCUT2D eigenvalue weighted by Gasteiger charge is -2.40. The largest absolute Gasteiger partial charge is 0.355 e. The molecule has 0 bridgehead atoms. The van der Waals surface area contributed by atoms with Crippen LogP contribution in [0.2, 0.25) is 5.02 Å². The maximum atomic E-state index is 8.89. The minimum Gasteiger partial charge on any atom is -0.355 e. The molecule has 1 aromatic heterocycles. The second-order valence-electron chi connectivity index (χ2n) is 5.26. The third-order valence-electron chi connectivity index (χ3n) is 3.77. The van der Waals surface area contributed by atoms with Gasteiger partial charge in [0.2, 0.25) is 0 Å². The third-order valence-corrected chi connectivity index (χ3v) is 4.42. The number of thiol groups is 1. The van der Waals surface area contributed by atoms with Crippen molar-refractivity contribution in [1.82, 2.24) is 4.98 Å². The van der Waals surface area contributed by atoms with Crippen molar-refractivity contribution in [1.29, 1.82) is 0 Å². The molecule has 1 aliphatic rings. The summed E-state index contributed by atoms with van der Waals surface area (Å²) in [4.78, 5) is 6.90. The summed E-state index contributed by atoms with van der Waals surface area (Å²) in [7, 11) is 0. The predicted molar refractivity (Wildman–Crippen MR) is 90.6 cm³/mol. The van der Waals surface area contributed by atoms with Crippen molar-refractivity contribution in [3.8, 4) is 0 Å². The molecule has 2 heterocycles. The van der Waals surface area contributed by atoms with Crippen LogP contribution in [-0.2, 0) is 18.5 Å². The molecule has 21 heavy (non-hydrogen) atoms. The molecule has 1 aromatic carbocycles. The standard InChI is InChI=1S/C16H17ClN2OS/c17-14-8-15(6-7-21-20)18-16(9-14)19-10-13(11-19)12-4-2-1-3-5-12/h1-5,8-9,13,20H,6-7,10-11H2/p+1. The van der Waals surface area contributed by atoms with Crippen LogP contribution in [0.4, 0.5) is 5.82 Å². The lowest BCUT2D eigenvalue weighted by molar-refractivity contribution is 0.519. The number of halogens is 1. The molecule has 0 aliphatic carbocycles. The summed E-state index contributed by atoms with van der Waals surface area (Å²) in [6.45, 7) is 1.96. The van der Waals surface area contributed by atoms with Gasteiger partial charge >= 0.3 is 0 Å². The first kappa shape index (κ1) is 14.7. The Kier molecular flexibility index (Phi) is 4.68. The molecule has 2 aromatic rings. The number of aryl methyl sites for hydroxylation is 1. The van der Waals surface area contributed by atoms with Crippen molar-refractivity contribution < 1.29 is 4.55 Å². The third kappa shape index (κ3) is 3.51. The first-order chi connectivity index (χ1) is 10.3. The monoisotopic (exact) mass is 321 g/mol. The fourth-order valence-corrected chi connectivity index (χ4v) is 3.14. The Hall–Kier alpha value is -1.23. The summed E-state index contributed by atoms with van der Waals surface area (Å²) in [5.41, 5.74) is 2.33. The van der Waals surface area contributed by atoms with Gasteiger partial charge in [-0.15, -0.1) is 0 Å². The van der Waals surface area contributed by atoms with E-state index in [1.807, 2.05) is 18.2 Å². The summed E-state index contributed by atoms with van der Waals surface area (Å²) in [5.74, 6) is 2.21. The van der Waals surface area contributed by atoms with Crippen LogP contribution in [0.3, 0.4) is 0 Å². The van der Waals surface area contributed by atoms with E-state index in [1.165, 1.54) is 5.56 Å². The predicted octanol–water partition coefficient (Wildman–Crippen LogP) is 3.17. The van der Waals surface area contributed by atoms with Crippen LogP contribution in [0.5, 0.6) is 0 Å². The Morgan fingerprint density at radius 2 is 2.00 bits per heavy atom. The van der Waals surface area contributed by atoms with Gasteiger partial charge in [-0.3, -0.25) is 0 Å². The molecule has 5 heteroatoms. The molecule has 0 atom stereocenters. The van der Waals surface area contributed by atoms with Gasteiger partial charge in [0.1, 0.15) is 23.6 Å². The summed E-state index contributed by atoms with van der Waals surface area (Å²) >= 11 is 6.58. The van der Waals surface area contributed by atoms with Crippen LogP contribution in [0, 0.1) is 0 Å². The van der Waals surface area contributed by atoms with Gasteiger partial charge in [0.25, 0.3) is 0 Å². The number of rotatable bonds is 5. The Balaban J connectivity index is 1.67. The molecule has 3 rings (SSSR count).